The molecule has 1 atom stereocenters. The Labute approximate surface area is 37.3 Å². The van der Waals surface area contributed by atoms with Crippen molar-refractivity contribution in [3.8, 4) is 6.07 Å². The highest BCUT2D eigenvalue weighted by atomic mass is 16.5. The second kappa shape index (κ2) is 2.67. The first kappa shape index (κ1) is 5.45. The van der Waals surface area contributed by atoms with E-state index in [1.165, 1.54) is 0 Å². The van der Waals surface area contributed by atoms with E-state index in [1.54, 1.807) is 6.92 Å². The summed E-state index contributed by atoms with van der Waals surface area (Å²) in [6, 6.07) is 1.83. The van der Waals surface area contributed by atoms with Crippen LogP contribution in [0.4, 0.5) is 0 Å². The first-order valence-corrected chi connectivity index (χ1v) is 1.61. The topological polar surface area (TPSA) is 33.0 Å². The standard InChI is InChI=1S/C4H6NO/c1-4(3-5)6-2/h4H,2H2,1H3. The van der Waals surface area contributed by atoms with Gasteiger partial charge in [-0.2, -0.15) is 5.26 Å². The Morgan fingerprint density at radius 1 is 2.00 bits per heavy atom. The highest BCUT2D eigenvalue weighted by molar-refractivity contribution is 4.78. The zero-order valence-corrected chi connectivity index (χ0v) is 3.64. The van der Waals surface area contributed by atoms with Gasteiger partial charge in [0.25, 0.3) is 0 Å². The summed E-state index contributed by atoms with van der Waals surface area (Å²) in [5.41, 5.74) is 0. The molecule has 33 valence electrons. The quantitative estimate of drug-likeness (QED) is 0.468. The van der Waals surface area contributed by atoms with Crippen LogP contribution < -0.4 is 0 Å². The summed E-state index contributed by atoms with van der Waals surface area (Å²) in [5.74, 6) is 0. The van der Waals surface area contributed by atoms with Crippen molar-refractivity contribution in [2.24, 2.45) is 0 Å². The largest absolute Gasteiger partial charge is 0.361 e. The molecule has 2 heteroatoms. The zero-order chi connectivity index (χ0) is 4.99. The van der Waals surface area contributed by atoms with Crippen LogP contribution >= 0.6 is 0 Å². The van der Waals surface area contributed by atoms with E-state index in [2.05, 4.69) is 11.8 Å². The van der Waals surface area contributed by atoms with Crippen LogP contribution in [0.1, 0.15) is 6.92 Å². The van der Waals surface area contributed by atoms with Gasteiger partial charge in [0.1, 0.15) is 6.10 Å². The van der Waals surface area contributed by atoms with Crippen LogP contribution in [0.15, 0.2) is 0 Å². The van der Waals surface area contributed by atoms with Gasteiger partial charge >= 0.3 is 0 Å². The number of hydrogen-bond acceptors (Lipinski definition) is 2. The van der Waals surface area contributed by atoms with Crippen molar-refractivity contribution in [1.29, 1.82) is 5.26 Å². The molecule has 0 fully saturated rings. The molecule has 0 bridgehead atoms. The molecule has 0 aromatic rings. The Hall–Kier alpha value is -0.550. The Kier molecular flexibility index (Phi) is 2.43. The Bertz CT molecular complexity index is 64.4. The minimum atomic E-state index is -0.370. The van der Waals surface area contributed by atoms with E-state index in [1.807, 2.05) is 6.07 Å². The lowest BCUT2D eigenvalue weighted by Gasteiger charge is -1.91. The predicted octanol–water partition coefficient (Wildman–Crippen LogP) is 0.707. The fraction of sp³-hybridized carbons (Fsp3) is 0.500. The summed E-state index contributed by atoms with van der Waals surface area (Å²) in [5, 5.41) is 7.92. The van der Waals surface area contributed by atoms with E-state index >= 15 is 0 Å². The van der Waals surface area contributed by atoms with Gasteiger partial charge in [0.05, 0.1) is 13.2 Å². The highest BCUT2D eigenvalue weighted by Gasteiger charge is 1.88. The van der Waals surface area contributed by atoms with Crippen LogP contribution in [-0.2, 0) is 4.74 Å². The SMILES string of the molecule is [CH2]OC(C)C#N. The lowest BCUT2D eigenvalue weighted by atomic mass is 10.5. The third kappa shape index (κ3) is 1.74. The van der Waals surface area contributed by atoms with Gasteiger partial charge in [-0.05, 0) is 6.92 Å². The fourth-order valence-electron chi connectivity index (χ4n) is 0.0373. The van der Waals surface area contributed by atoms with E-state index in [0.717, 1.165) is 0 Å². The van der Waals surface area contributed by atoms with Crippen LogP contribution in [0, 0.1) is 18.4 Å². The van der Waals surface area contributed by atoms with Crippen LogP contribution in [0.5, 0.6) is 0 Å². The van der Waals surface area contributed by atoms with Crippen molar-refractivity contribution in [3.05, 3.63) is 7.11 Å². The molecule has 0 saturated heterocycles. The molecule has 0 spiro atoms. The molecule has 0 rings (SSSR count). The Morgan fingerprint density at radius 3 is 2.50 bits per heavy atom. The maximum absolute atomic E-state index is 7.92. The average molecular weight is 84.1 g/mol. The van der Waals surface area contributed by atoms with E-state index in [4.69, 9.17) is 5.26 Å². The number of rotatable bonds is 1. The molecule has 0 aromatic heterocycles. The number of nitriles is 1. The molecule has 0 aromatic carbocycles. The van der Waals surface area contributed by atoms with Crippen molar-refractivity contribution in [2.45, 2.75) is 13.0 Å². The number of ether oxygens (including phenoxy) is 1. The predicted molar refractivity (Wildman–Crippen MR) is 21.5 cm³/mol. The first-order chi connectivity index (χ1) is 2.81. The summed E-state index contributed by atoms with van der Waals surface area (Å²) in [7, 11) is 3.03. The smallest absolute Gasteiger partial charge is 0.141 e. The van der Waals surface area contributed by atoms with Crippen LogP contribution in [-0.4, -0.2) is 6.10 Å². The second-order valence-corrected chi connectivity index (χ2v) is 0.938. The third-order valence-electron chi connectivity index (χ3n) is 0.432. The summed E-state index contributed by atoms with van der Waals surface area (Å²) in [6.07, 6.45) is -0.370. The number of hydrogen-bond donors (Lipinski definition) is 0. The van der Waals surface area contributed by atoms with Gasteiger partial charge in [-0.3, -0.25) is 0 Å². The maximum atomic E-state index is 7.92. The highest BCUT2D eigenvalue weighted by Crippen LogP contribution is 1.80. The van der Waals surface area contributed by atoms with E-state index in [-0.39, 0.29) is 6.10 Å². The summed E-state index contributed by atoms with van der Waals surface area (Å²) in [4.78, 5) is 0. The molecular weight excluding hydrogens is 78.0 g/mol. The second-order valence-electron chi connectivity index (χ2n) is 0.938. The normalized spacial score (nSPS) is 12.8. The van der Waals surface area contributed by atoms with Crippen molar-refractivity contribution >= 4 is 0 Å². The molecule has 6 heavy (non-hydrogen) atoms. The maximum Gasteiger partial charge on any atom is 0.141 e. The van der Waals surface area contributed by atoms with Crippen LogP contribution in [0.25, 0.3) is 0 Å². The van der Waals surface area contributed by atoms with Gasteiger partial charge in [0.2, 0.25) is 0 Å². The summed E-state index contributed by atoms with van der Waals surface area (Å²) < 4.78 is 4.29. The van der Waals surface area contributed by atoms with Crippen molar-refractivity contribution in [3.63, 3.8) is 0 Å². The lowest BCUT2D eigenvalue weighted by molar-refractivity contribution is 0.203. The minimum absolute atomic E-state index is 0.370. The molecule has 0 amide bonds. The molecule has 0 aliphatic rings. The van der Waals surface area contributed by atoms with Gasteiger partial charge in [0, 0.05) is 0 Å². The van der Waals surface area contributed by atoms with Crippen molar-refractivity contribution in [2.75, 3.05) is 0 Å². The summed E-state index contributed by atoms with van der Waals surface area (Å²) >= 11 is 0. The van der Waals surface area contributed by atoms with Gasteiger partial charge in [-0.25, -0.2) is 0 Å². The molecule has 1 radical (unpaired) electrons. The van der Waals surface area contributed by atoms with Gasteiger partial charge in [-0.1, -0.05) is 0 Å². The van der Waals surface area contributed by atoms with Gasteiger partial charge in [-0.15, -0.1) is 0 Å². The van der Waals surface area contributed by atoms with E-state index in [0.29, 0.717) is 0 Å². The van der Waals surface area contributed by atoms with Gasteiger partial charge < -0.3 is 4.74 Å². The molecule has 0 saturated carbocycles. The van der Waals surface area contributed by atoms with E-state index < -0.39 is 0 Å². The first-order valence-electron chi connectivity index (χ1n) is 1.61. The lowest BCUT2D eigenvalue weighted by Crippen LogP contribution is -1.96. The monoisotopic (exact) mass is 84.0 g/mol. The molecule has 0 aliphatic heterocycles. The van der Waals surface area contributed by atoms with Gasteiger partial charge in [0.15, 0.2) is 0 Å². The molecular formula is C4H6NO. The third-order valence-corrected chi connectivity index (χ3v) is 0.432. The number of nitrogens with zero attached hydrogens (tertiary/aromatic N) is 1. The molecule has 1 unspecified atom stereocenters. The zero-order valence-electron chi connectivity index (χ0n) is 3.64. The van der Waals surface area contributed by atoms with E-state index in [9.17, 15) is 0 Å². The molecule has 0 N–H and O–H groups in total. The Balaban J connectivity index is 3.04. The molecule has 0 heterocycles. The molecule has 0 aliphatic carbocycles. The van der Waals surface area contributed by atoms with Crippen LogP contribution in [0.2, 0.25) is 0 Å². The van der Waals surface area contributed by atoms with Crippen LogP contribution in [0.3, 0.4) is 0 Å². The fourth-order valence-corrected chi connectivity index (χ4v) is 0.0373. The average Bonchev–Trinajstić information content (AvgIpc) is 1.65. The molecule has 2 nitrogen and oxygen atoms in total. The summed E-state index contributed by atoms with van der Waals surface area (Å²) in [6.45, 7) is 1.63. The van der Waals surface area contributed by atoms with Crippen molar-refractivity contribution in [1.82, 2.24) is 0 Å². The minimum Gasteiger partial charge on any atom is -0.361 e. The van der Waals surface area contributed by atoms with Crippen molar-refractivity contribution < 1.29 is 4.74 Å². The Morgan fingerprint density at radius 2 is 2.50 bits per heavy atom.